The van der Waals surface area contributed by atoms with Gasteiger partial charge in [-0.05, 0) is 56.5 Å². The molecule has 0 saturated carbocycles. The lowest BCUT2D eigenvalue weighted by Crippen LogP contribution is -2.62. The van der Waals surface area contributed by atoms with Gasteiger partial charge in [-0.3, -0.25) is 19.3 Å². The number of amides is 3. The van der Waals surface area contributed by atoms with Gasteiger partial charge in [0.25, 0.3) is 5.91 Å². The molecule has 0 spiro atoms. The summed E-state index contributed by atoms with van der Waals surface area (Å²) in [4.78, 5) is 46.4. The monoisotopic (exact) mass is 448 g/mol. The molecule has 8 heteroatoms. The first-order chi connectivity index (χ1) is 15.4. The van der Waals surface area contributed by atoms with Gasteiger partial charge in [-0.2, -0.15) is 0 Å². The van der Waals surface area contributed by atoms with E-state index in [2.05, 4.69) is 16.4 Å². The largest absolute Gasteiger partial charge is 0.315 e. The molecule has 3 heterocycles. The third kappa shape index (κ3) is 3.35. The van der Waals surface area contributed by atoms with Gasteiger partial charge >= 0.3 is 0 Å². The van der Waals surface area contributed by atoms with E-state index in [-0.39, 0.29) is 24.1 Å². The van der Waals surface area contributed by atoms with E-state index in [1.807, 2.05) is 44.2 Å². The van der Waals surface area contributed by atoms with Gasteiger partial charge in [0.15, 0.2) is 5.13 Å². The molecule has 1 fully saturated rings. The lowest BCUT2D eigenvalue weighted by Gasteiger charge is -2.48. The number of thiazole rings is 1. The molecule has 32 heavy (non-hydrogen) atoms. The highest BCUT2D eigenvalue weighted by molar-refractivity contribution is 7.22. The van der Waals surface area contributed by atoms with Crippen LogP contribution in [0, 0.1) is 6.92 Å². The molecular formula is C24H24N4O3S. The van der Waals surface area contributed by atoms with Gasteiger partial charge in [-0.1, -0.05) is 29.5 Å². The van der Waals surface area contributed by atoms with E-state index in [4.69, 9.17) is 0 Å². The van der Waals surface area contributed by atoms with E-state index < -0.39 is 5.66 Å². The Morgan fingerprint density at radius 2 is 2.03 bits per heavy atom. The van der Waals surface area contributed by atoms with E-state index in [9.17, 15) is 14.4 Å². The van der Waals surface area contributed by atoms with Crippen LogP contribution in [0.4, 0.5) is 10.8 Å². The number of nitrogens with zero attached hydrogens (tertiary/aromatic N) is 3. The van der Waals surface area contributed by atoms with Gasteiger partial charge in [0.05, 0.1) is 21.5 Å². The lowest BCUT2D eigenvalue weighted by atomic mass is 9.98. The Morgan fingerprint density at radius 1 is 1.22 bits per heavy atom. The second-order valence-corrected chi connectivity index (χ2v) is 9.59. The minimum atomic E-state index is -0.691. The number of nitrogens with one attached hydrogen (secondary N) is 1. The topological polar surface area (TPSA) is 82.6 Å². The summed E-state index contributed by atoms with van der Waals surface area (Å²) in [6, 6.07) is 13.3. The number of para-hydroxylation sites is 1. The number of hydrogen-bond donors (Lipinski definition) is 1. The smallest absolute Gasteiger partial charge is 0.257 e. The summed E-state index contributed by atoms with van der Waals surface area (Å²) in [7, 11) is 0. The molecule has 2 aliphatic heterocycles. The molecular weight excluding hydrogens is 424 g/mol. The van der Waals surface area contributed by atoms with E-state index in [0.717, 1.165) is 15.8 Å². The molecule has 3 amide bonds. The molecule has 0 bridgehead atoms. The Labute approximate surface area is 190 Å². The predicted octanol–water partition coefficient (Wildman–Crippen LogP) is 4.32. The van der Waals surface area contributed by atoms with Gasteiger partial charge in [-0.25, -0.2) is 4.98 Å². The van der Waals surface area contributed by atoms with Crippen LogP contribution in [-0.4, -0.2) is 39.8 Å². The van der Waals surface area contributed by atoms with Crippen molar-refractivity contribution in [1.82, 2.24) is 9.88 Å². The molecule has 0 radical (unpaired) electrons. The normalized spacial score (nSPS) is 19.9. The van der Waals surface area contributed by atoms with E-state index in [1.54, 1.807) is 15.9 Å². The van der Waals surface area contributed by atoms with Crippen LogP contribution in [0.3, 0.4) is 0 Å². The molecule has 3 aromatic rings. The number of benzene rings is 2. The van der Waals surface area contributed by atoms with Crippen molar-refractivity contribution in [2.75, 3.05) is 16.8 Å². The minimum absolute atomic E-state index is 0.0289. The summed E-state index contributed by atoms with van der Waals surface area (Å²) in [5, 5.41) is 3.46. The zero-order valence-corrected chi connectivity index (χ0v) is 18.9. The van der Waals surface area contributed by atoms with Crippen molar-refractivity contribution < 1.29 is 14.4 Å². The molecule has 1 saturated heterocycles. The molecule has 2 aromatic carbocycles. The Bertz CT molecular complexity index is 1250. The minimum Gasteiger partial charge on any atom is -0.315 e. The second-order valence-electron chi connectivity index (χ2n) is 8.56. The van der Waals surface area contributed by atoms with Crippen LogP contribution in [0.5, 0.6) is 0 Å². The number of anilines is 2. The van der Waals surface area contributed by atoms with Crippen LogP contribution in [0.2, 0.25) is 0 Å². The standard InChI is InChI=1S/C24H24N4O3S/c1-15-9-10-17-19(14-15)32-23(25-17)26-20(29)8-5-13-27-22(31)16-6-3-4-7-18(16)28-21(30)11-12-24(27,28)2/h3-4,6-7,9-10,14H,5,8,11-13H2,1-2H3,(H,25,26,29). The van der Waals surface area contributed by atoms with E-state index in [0.29, 0.717) is 42.2 Å². The maximum atomic E-state index is 13.2. The zero-order valence-electron chi connectivity index (χ0n) is 18.1. The van der Waals surface area contributed by atoms with Crippen molar-refractivity contribution >= 4 is 50.1 Å². The Kier molecular flexibility index (Phi) is 4.97. The number of hydrogen-bond acceptors (Lipinski definition) is 5. The number of carbonyl (C=O) groups excluding carboxylic acids is 3. The van der Waals surface area contributed by atoms with Crippen molar-refractivity contribution in [1.29, 1.82) is 0 Å². The van der Waals surface area contributed by atoms with E-state index in [1.165, 1.54) is 11.3 Å². The Hall–Kier alpha value is -3.26. The first-order valence-electron chi connectivity index (χ1n) is 10.8. The number of fused-ring (bicyclic) bond motifs is 4. The highest BCUT2D eigenvalue weighted by Crippen LogP contribution is 2.44. The van der Waals surface area contributed by atoms with Gasteiger partial charge < -0.3 is 10.2 Å². The maximum Gasteiger partial charge on any atom is 0.257 e. The van der Waals surface area contributed by atoms with Crippen molar-refractivity contribution in [3.05, 3.63) is 53.6 Å². The molecule has 7 nitrogen and oxygen atoms in total. The fourth-order valence-electron chi connectivity index (χ4n) is 4.71. The molecule has 2 aliphatic rings. The zero-order chi connectivity index (χ0) is 22.5. The quantitative estimate of drug-likeness (QED) is 0.630. The summed E-state index contributed by atoms with van der Waals surface area (Å²) in [6.45, 7) is 4.37. The Morgan fingerprint density at radius 3 is 2.88 bits per heavy atom. The van der Waals surface area contributed by atoms with Crippen molar-refractivity contribution in [3.8, 4) is 0 Å². The van der Waals surface area contributed by atoms with Crippen LogP contribution >= 0.6 is 11.3 Å². The number of aryl methyl sites for hydroxylation is 1. The third-order valence-electron chi connectivity index (χ3n) is 6.32. The highest BCUT2D eigenvalue weighted by atomic mass is 32.1. The van der Waals surface area contributed by atoms with Crippen LogP contribution in [0.1, 0.15) is 48.5 Å². The molecule has 1 aromatic heterocycles. The summed E-state index contributed by atoms with van der Waals surface area (Å²) >= 11 is 1.45. The first kappa shape index (κ1) is 20.6. The van der Waals surface area contributed by atoms with Gasteiger partial charge in [0.2, 0.25) is 11.8 Å². The average molecular weight is 449 g/mol. The Balaban J connectivity index is 1.27. The van der Waals surface area contributed by atoms with Gasteiger partial charge in [-0.15, -0.1) is 0 Å². The lowest BCUT2D eigenvalue weighted by molar-refractivity contribution is -0.118. The van der Waals surface area contributed by atoms with Crippen molar-refractivity contribution in [3.63, 3.8) is 0 Å². The molecule has 1 atom stereocenters. The van der Waals surface area contributed by atoms with Crippen molar-refractivity contribution in [2.24, 2.45) is 0 Å². The second kappa shape index (κ2) is 7.70. The number of rotatable bonds is 5. The molecule has 1 unspecified atom stereocenters. The molecule has 1 N–H and O–H groups in total. The fraction of sp³-hybridized carbons (Fsp3) is 0.333. The van der Waals surface area contributed by atoms with Crippen LogP contribution in [0.25, 0.3) is 10.2 Å². The van der Waals surface area contributed by atoms with E-state index >= 15 is 0 Å². The van der Waals surface area contributed by atoms with Gasteiger partial charge in [0, 0.05) is 19.4 Å². The highest BCUT2D eigenvalue weighted by Gasteiger charge is 2.52. The third-order valence-corrected chi connectivity index (χ3v) is 7.26. The fourth-order valence-corrected chi connectivity index (χ4v) is 5.69. The van der Waals surface area contributed by atoms with Crippen molar-refractivity contribution in [2.45, 2.75) is 45.2 Å². The number of carbonyl (C=O) groups is 3. The summed E-state index contributed by atoms with van der Waals surface area (Å²) < 4.78 is 1.04. The van der Waals surface area contributed by atoms with Crippen LogP contribution in [0.15, 0.2) is 42.5 Å². The molecule has 164 valence electrons. The summed E-state index contributed by atoms with van der Waals surface area (Å²) in [6.07, 6.45) is 1.77. The summed E-state index contributed by atoms with van der Waals surface area (Å²) in [5.74, 6) is -0.188. The molecule has 0 aliphatic carbocycles. The number of aromatic nitrogens is 1. The molecule has 5 rings (SSSR count). The maximum absolute atomic E-state index is 13.2. The average Bonchev–Trinajstić information content (AvgIpc) is 3.30. The SMILES string of the molecule is Cc1ccc2nc(NC(=O)CCCN3C(=O)c4ccccc4N4C(=O)CCC34C)sc2c1. The van der Waals surface area contributed by atoms with Crippen LogP contribution in [-0.2, 0) is 9.59 Å². The van der Waals surface area contributed by atoms with Crippen LogP contribution < -0.4 is 10.2 Å². The van der Waals surface area contributed by atoms with Gasteiger partial charge in [0.1, 0.15) is 5.66 Å². The predicted molar refractivity (Wildman–Crippen MR) is 125 cm³/mol. The first-order valence-corrected chi connectivity index (χ1v) is 11.6. The summed E-state index contributed by atoms with van der Waals surface area (Å²) in [5.41, 5.74) is 2.55.